The number of hydrogen-bond donors (Lipinski definition) is 1. The summed E-state index contributed by atoms with van der Waals surface area (Å²) < 4.78 is 11.3. The average molecular weight is 514 g/mol. The maximum absolute atomic E-state index is 12.7. The molecule has 7 heteroatoms. The molecule has 0 spiro atoms. The minimum absolute atomic E-state index is 0.253. The third-order valence-corrected chi connectivity index (χ3v) is 6.30. The van der Waals surface area contributed by atoms with Crippen molar-refractivity contribution in [1.82, 2.24) is 0 Å². The molecule has 1 N–H and O–H groups in total. The minimum Gasteiger partial charge on any atom is -0.496 e. The van der Waals surface area contributed by atoms with E-state index in [1.54, 1.807) is 20.1 Å². The molecule has 0 atom stereocenters. The van der Waals surface area contributed by atoms with Crippen molar-refractivity contribution in [2.24, 2.45) is 0 Å². The lowest BCUT2D eigenvalue weighted by molar-refractivity contribution is -0.111. The smallest absolute Gasteiger partial charge is 0.341 e. The highest BCUT2D eigenvalue weighted by Crippen LogP contribution is 2.36. The summed E-state index contributed by atoms with van der Waals surface area (Å²) in [6.45, 7) is 4.10. The van der Waals surface area contributed by atoms with Gasteiger partial charge in [0.25, 0.3) is 0 Å². The number of halogens is 1. The molecule has 5 nitrogen and oxygen atoms in total. The lowest BCUT2D eigenvalue weighted by atomic mass is 10.0. The van der Waals surface area contributed by atoms with Crippen LogP contribution in [0.4, 0.5) is 5.00 Å². The number of carbonyl (C=O) groups is 2. The lowest BCUT2D eigenvalue weighted by Crippen LogP contribution is -2.12. The lowest BCUT2D eigenvalue weighted by Gasteiger charge is -2.08. The van der Waals surface area contributed by atoms with Gasteiger partial charge in [0.2, 0.25) is 5.91 Å². The van der Waals surface area contributed by atoms with E-state index in [-0.39, 0.29) is 12.5 Å². The molecule has 166 valence electrons. The van der Waals surface area contributed by atoms with Crippen LogP contribution in [0.15, 0.2) is 58.4 Å². The molecule has 0 aliphatic rings. The largest absolute Gasteiger partial charge is 0.496 e. The number of aryl methyl sites for hydroxylation is 1. The number of nitrogens with one attached hydrogen (secondary N) is 1. The SMILES string of the molecule is CCOC(=O)c1c(-c2ccc(CC)cc2)csc1NC(=O)/C=C/c1ccc(OC)c(Br)c1. The maximum Gasteiger partial charge on any atom is 0.341 e. The van der Waals surface area contributed by atoms with Crippen molar-refractivity contribution in [3.05, 3.63) is 75.1 Å². The van der Waals surface area contributed by atoms with Crippen molar-refractivity contribution in [3.8, 4) is 16.9 Å². The van der Waals surface area contributed by atoms with Crippen molar-refractivity contribution in [1.29, 1.82) is 0 Å². The van der Waals surface area contributed by atoms with Gasteiger partial charge in [0, 0.05) is 17.0 Å². The van der Waals surface area contributed by atoms with Crippen LogP contribution < -0.4 is 10.1 Å². The summed E-state index contributed by atoms with van der Waals surface area (Å²) in [5.41, 5.74) is 4.07. The second-order valence-electron chi connectivity index (χ2n) is 6.84. The number of benzene rings is 2. The van der Waals surface area contributed by atoms with E-state index in [0.29, 0.717) is 16.3 Å². The van der Waals surface area contributed by atoms with Gasteiger partial charge in [0.05, 0.1) is 18.2 Å². The standard InChI is InChI=1S/C25H24BrNO4S/c1-4-16-6-10-18(11-7-16)19-15-32-24(23(19)25(29)31-5-2)27-22(28)13-9-17-8-12-21(30-3)20(26)14-17/h6-15H,4-5H2,1-3H3,(H,27,28)/b13-9+. The molecule has 32 heavy (non-hydrogen) atoms. The van der Waals surface area contributed by atoms with Gasteiger partial charge >= 0.3 is 5.97 Å². The number of hydrogen-bond acceptors (Lipinski definition) is 5. The molecule has 2 aromatic carbocycles. The van der Waals surface area contributed by atoms with Crippen LogP contribution >= 0.6 is 27.3 Å². The van der Waals surface area contributed by atoms with Crippen molar-refractivity contribution < 1.29 is 19.1 Å². The Hall–Kier alpha value is -2.90. The van der Waals surface area contributed by atoms with E-state index in [1.807, 2.05) is 47.8 Å². The Balaban J connectivity index is 1.84. The first-order valence-electron chi connectivity index (χ1n) is 10.2. The molecular weight excluding hydrogens is 490 g/mol. The molecule has 0 bridgehead atoms. The number of anilines is 1. The van der Waals surface area contributed by atoms with Crippen LogP contribution in [0.2, 0.25) is 0 Å². The Bertz CT molecular complexity index is 1140. The van der Waals surface area contributed by atoms with Gasteiger partial charge in [-0.1, -0.05) is 37.3 Å². The number of rotatable bonds is 8. The van der Waals surface area contributed by atoms with E-state index in [0.717, 1.165) is 27.6 Å². The van der Waals surface area contributed by atoms with Gasteiger partial charge in [-0.25, -0.2) is 4.79 Å². The van der Waals surface area contributed by atoms with Gasteiger partial charge in [0.15, 0.2) is 0 Å². The topological polar surface area (TPSA) is 64.6 Å². The molecule has 0 fully saturated rings. The van der Waals surface area contributed by atoms with Crippen LogP contribution in [0.3, 0.4) is 0 Å². The maximum atomic E-state index is 12.7. The number of amides is 1. The monoisotopic (exact) mass is 513 g/mol. The fourth-order valence-corrected chi connectivity index (χ4v) is 4.62. The fourth-order valence-electron chi connectivity index (χ4n) is 3.10. The molecule has 0 unspecified atom stereocenters. The number of methoxy groups -OCH3 is 1. The second-order valence-corrected chi connectivity index (χ2v) is 8.58. The summed E-state index contributed by atoms with van der Waals surface area (Å²) >= 11 is 4.73. The van der Waals surface area contributed by atoms with Gasteiger partial charge in [-0.05, 0) is 64.2 Å². The predicted octanol–water partition coefficient (Wildman–Crippen LogP) is 6.58. The summed E-state index contributed by atoms with van der Waals surface area (Å²) in [5, 5.41) is 5.16. The first-order valence-corrected chi connectivity index (χ1v) is 11.8. The zero-order valence-corrected chi connectivity index (χ0v) is 20.5. The van der Waals surface area contributed by atoms with Crippen LogP contribution in [0.5, 0.6) is 5.75 Å². The van der Waals surface area contributed by atoms with Crippen LogP contribution in [0.25, 0.3) is 17.2 Å². The average Bonchev–Trinajstić information content (AvgIpc) is 3.21. The van der Waals surface area contributed by atoms with E-state index in [9.17, 15) is 9.59 Å². The van der Waals surface area contributed by atoms with Gasteiger partial charge in [-0.3, -0.25) is 4.79 Å². The normalized spacial score (nSPS) is 10.9. The molecular formula is C25H24BrNO4S. The second kappa shape index (κ2) is 11.1. The number of ether oxygens (including phenoxy) is 2. The summed E-state index contributed by atoms with van der Waals surface area (Å²) in [5.74, 6) is -0.0809. The van der Waals surface area contributed by atoms with E-state index < -0.39 is 5.97 Å². The Morgan fingerprint density at radius 1 is 1.12 bits per heavy atom. The van der Waals surface area contributed by atoms with E-state index in [4.69, 9.17) is 9.47 Å². The highest BCUT2D eigenvalue weighted by molar-refractivity contribution is 9.10. The van der Waals surface area contributed by atoms with Crippen molar-refractivity contribution in [3.63, 3.8) is 0 Å². The quantitative estimate of drug-likeness (QED) is 0.273. The van der Waals surface area contributed by atoms with E-state index >= 15 is 0 Å². The summed E-state index contributed by atoms with van der Waals surface area (Å²) in [4.78, 5) is 25.3. The van der Waals surface area contributed by atoms with Gasteiger partial charge in [-0.15, -0.1) is 11.3 Å². The molecule has 1 heterocycles. The molecule has 0 aliphatic heterocycles. The number of carbonyl (C=O) groups excluding carboxylic acids is 2. The van der Waals surface area contributed by atoms with Crippen molar-refractivity contribution in [2.45, 2.75) is 20.3 Å². The Morgan fingerprint density at radius 2 is 1.88 bits per heavy atom. The molecule has 1 aromatic heterocycles. The zero-order valence-electron chi connectivity index (χ0n) is 18.1. The Labute approximate surface area is 200 Å². The molecule has 1 amide bonds. The van der Waals surface area contributed by atoms with E-state index in [2.05, 4.69) is 28.2 Å². The van der Waals surface area contributed by atoms with Crippen LogP contribution in [-0.2, 0) is 16.0 Å². The number of esters is 1. The summed E-state index contributed by atoms with van der Waals surface area (Å²) in [7, 11) is 1.59. The molecule has 0 saturated heterocycles. The Kier molecular flexibility index (Phi) is 8.25. The van der Waals surface area contributed by atoms with Gasteiger partial charge in [-0.2, -0.15) is 0 Å². The molecule has 0 saturated carbocycles. The zero-order chi connectivity index (χ0) is 23.1. The molecule has 3 rings (SSSR count). The third kappa shape index (κ3) is 5.66. The van der Waals surface area contributed by atoms with Crippen molar-refractivity contribution >= 4 is 50.2 Å². The molecule has 3 aromatic rings. The van der Waals surface area contributed by atoms with Crippen molar-refractivity contribution in [2.75, 3.05) is 19.0 Å². The summed E-state index contributed by atoms with van der Waals surface area (Å²) in [6, 6.07) is 13.6. The van der Waals surface area contributed by atoms with Crippen LogP contribution in [0, 0.1) is 0 Å². The number of thiophene rings is 1. The first-order chi connectivity index (χ1) is 15.5. The highest BCUT2D eigenvalue weighted by atomic mass is 79.9. The first kappa shape index (κ1) is 23.8. The third-order valence-electron chi connectivity index (χ3n) is 4.78. The fraction of sp³-hybridized carbons (Fsp3) is 0.200. The summed E-state index contributed by atoms with van der Waals surface area (Å²) in [6.07, 6.45) is 4.06. The van der Waals surface area contributed by atoms with Crippen LogP contribution in [0.1, 0.15) is 35.3 Å². The van der Waals surface area contributed by atoms with E-state index in [1.165, 1.54) is 23.0 Å². The Morgan fingerprint density at radius 3 is 2.50 bits per heavy atom. The predicted molar refractivity (Wildman–Crippen MR) is 133 cm³/mol. The van der Waals surface area contributed by atoms with Crippen LogP contribution in [-0.4, -0.2) is 25.6 Å². The van der Waals surface area contributed by atoms with Gasteiger partial charge < -0.3 is 14.8 Å². The minimum atomic E-state index is -0.457. The molecule has 0 aliphatic carbocycles. The van der Waals surface area contributed by atoms with Gasteiger partial charge in [0.1, 0.15) is 16.3 Å². The highest BCUT2D eigenvalue weighted by Gasteiger charge is 2.22. The molecule has 0 radical (unpaired) electrons.